The Morgan fingerprint density at radius 1 is 1.05 bits per heavy atom. The van der Waals surface area contributed by atoms with Crippen molar-refractivity contribution in [3.63, 3.8) is 0 Å². The third-order valence-corrected chi connectivity index (χ3v) is 6.49. The highest BCUT2D eigenvalue weighted by molar-refractivity contribution is 8.03. The van der Waals surface area contributed by atoms with Gasteiger partial charge in [0, 0.05) is 10.2 Å². The molecule has 0 amide bonds. The van der Waals surface area contributed by atoms with E-state index in [0.717, 1.165) is 11.2 Å². The van der Waals surface area contributed by atoms with Crippen molar-refractivity contribution in [2.24, 2.45) is 11.3 Å². The Labute approximate surface area is 124 Å². The van der Waals surface area contributed by atoms with Gasteiger partial charge in [-0.3, -0.25) is 0 Å². The van der Waals surface area contributed by atoms with E-state index >= 15 is 0 Å². The zero-order valence-electron chi connectivity index (χ0n) is 13.2. The molecule has 0 aromatic heterocycles. The molecule has 0 aliphatic heterocycles. The van der Waals surface area contributed by atoms with Crippen LogP contribution in [0.4, 0.5) is 0 Å². The molecule has 0 aromatic carbocycles. The highest BCUT2D eigenvalue weighted by Gasteiger charge is 2.31. The summed E-state index contributed by atoms with van der Waals surface area (Å²) in [4.78, 5) is 1.56. The van der Waals surface area contributed by atoms with E-state index in [2.05, 4.69) is 46.0 Å². The molecule has 2 aliphatic carbocycles. The van der Waals surface area contributed by atoms with Crippen molar-refractivity contribution in [2.45, 2.75) is 77.9 Å². The summed E-state index contributed by atoms with van der Waals surface area (Å²) in [5.41, 5.74) is 3.43. The molecule has 0 nitrogen and oxygen atoms in total. The van der Waals surface area contributed by atoms with Crippen LogP contribution in [0.15, 0.2) is 22.6 Å². The van der Waals surface area contributed by atoms with E-state index in [1.54, 1.807) is 10.5 Å². The molecule has 1 atom stereocenters. The van der Waals surface area contributed by atoms with E-state index < -0.39 is 0 Å². The zero-order chi connectivity index (χ0) is 14.0. The molecule has 0 N–H and O–H groups in total. The maximum absolute atomic E-state index is 4.40. The topological polar surface area (TPSA) is 0 Å². The monoisotopic (exact) mass is 278 g/mol. The smallest absolute Gasteiger partial charge is 0.00944 e. The number of hydrogen-bond acceptors (Lipinski definition) is 1. The summed E-state index contributed by atoms with van der Waals surface area (Å²) in [6.45, 7) is 13.9. The predicted octanol–water partition coefficient (Wildman–Crippen LogP) is 6.34. The Morgan fingerprint density at radius 2 is 1.68 bits per heavy atom. The zero-order valence-corrected chi connectivity index (χ0v) is 14.0. The van der Waals surface area contributed by atoms with Crippen LogP contribution in [0.5, 0.6) is 0 Å². The van der Waals surface area contributed by atoms with Crippen LogP contribution in [0, 0.1) is 11.3 Å². The van der Waals surface area contributed by atoms with Gasteiger partial charge in [0.25, 0.3) is 0 Å². The average molecular weight is 279 g/mol. The molecule has 1 fully saturated rings. The molecule has 0 radical (unpaired) electrons. The molecule has 1 unspecified atom stereocenters. The molecule has 19 heavy (non-hydrogen) atoms. The van der Waals surface area contributed by atoms with Crippen molar-refractivity contribution in [1.82, 2.24) is 0 Å². The third-order valence-electron chi connectivity index (χ3n) is 4.82. The molecule has 108 valence electrons. The lowest BCUT2D eigenvalue weighted by Gasteiger charge is -2.37. The van der Waals surface area contributed by atoms with Gasteiger partial charge in [-0.2, -0.15) is 0 Å². The molecule has 0 aromatic rings. The fourth-order valence-electron chi connectivity index (χ4n) is 3.37. The molecule has 2 aliphatic rings. The summed E-state index contributed by atoms with van der Waals surface area (Å²) in [6, 6.07) is 0. The molecule has 0 bridgehead atoms. The van der Waals surface area contributed by atoms with Crippen LogP contribution in [0.1, 0.15) is 72.6 Å². The molecule has 0 spiro atoms. The second kappa shape index (κ2) is 6.08. The van der Waals surface area contributed by atoms with Gasteiger partial charge in [-0.1, -0.05) is 52.2 Å². The van der Waals surface area contributed by atoms with E-state index in [4.69, 9.17) is 0 Å². The molecular weight excluding hydrogens is 248 g/mol. The standard InChI is InChI=1S/C18H30S/c1-13-11-15(18(3,4)5)12-14(2)17(13)19-16-9-7-6-8-10-16/h15-16H,1,6-12H2,2-5H3. The average Bonchev–Trinajstić information content (AvgIpc) is 2.33. The normalized spacial score (nSPS) is 26.9. The first-order valence-electron chi connectivity index (χ1n) is 7.92. The summed E-state index contributed by atoms with van der Waals surface area (Å²) in [6.07, 6.45) is 9.62. The summed E-state index contributed by atoms with van der Waals surface area (Å²) < 4.78 is 0. The highest BCUT2D eigenvalue weighted by atomic mass is 32.2. The second-order valence-electron chi connectivity index (χ2n) is 7.56. The summed E-state index contributed by atoms with van der Waals surface area (Å²) >= 11 is 2.15. The summed E-state index contributed by atoms with van der Waals surface area (Å²) in [5.74, 6) is 0.774. The van der Waals surface area contributed by atoms with Crippen molar-refractivity contribution in [3.8, 4) is 0 Å². The maximum Gasteiger partial charge on any atom is 0.00944 e. The predicted molar refractivity (Wildman–Crippen MR) is 88.5 cm³/mol. The molecule has 1 heteroatoms. The first-order chi connectivity index (χ1) is 8.88. The second-order valence-corrected chi connectivity index (χ2v) is 8.87. The first-order valence-corrected chi connectivity index (χ1v) is 8.80. The Morgan fingerprint density at radius 3 is 2.21 bits per heavy atom. The fraction of sp³-hybridized carbons (Fsp3) is 0.778. The lowest BCUT2D eigenvalue weighted by atomic mass is 9.71. The van der Waals surface area contributed by atoms with Crippen LogP contribution >= 0.6 is 11.8 Å². The van der Waals surface area contributed by atoms with Crippen molar-refractivity contribution in [2.75, 3.05) is 0 Å². The Kier molecular flexibility index (Phi) is 4.87. The molecule has 2 rings (SSSR count). The number of rotatable bonds is 2. The highest BCUT2D eigenvalue weighted by Crippen LogP contribution is 2.47. The molecule has 0 heterocycles. The Bertz CT molecular complexity index is 364. The third kappa shape index (κ3) is 3.90. The van der Waals surface area contributed by atoms with Crippen molar-refractivity contribution in [1.29, 1.82) is 0 Å². The maximum atomic E-state index is 4.40. The lowest BCUT2D eigenvalue weighted by Crippen LogP contribution is -2.24. The van der Waals surface area contributed by atoms with Gasteiger partial charge in [0.1, 0.15) is 0 Å². The Balaban J connectivity index is 2.05. The van der Waals surface area contributed by atoms with Gasteiger partial charge in [-0.25, -0.2) is 0 Å². The molecular formula is C18H30S. The van der Waals surface area contributed by atoms with E-state index in [9.17, 15) is 0 Å². The summed E-state index contributed by atoms with van der Waals surface area (Å²) in [7, 11) is 0. The fourth-order valence-corrected chi connectivity index (χ4v) is 4.81. The van der Waals surface area contributed by atoms with Crippen LogP contribution in [-0.4, -0.2) is 5.25 Å². The van der Waals surface area contributed by atoms with Gasteiger partial charge in [-0.05, 0) is 49.5 Å². The van der Waals surface area contributed by atoms with E-state index in [-0.39, 0.29) is 0 Å². The van der Waals surface area contributed by atoms with Gasteiger partial charge in [0.15, 0.2) is 0 Å². The first kappa shape index (κ1) is 15.2. The van der Waals surface area contributed by atoms with Crippen molar-refractivity contribution in [3.05, 3.63) is 22.6 Å². The van der Waals surface area contributed by atoms with Gasteiger partial charge < -0.3 is 0 Å². The van der Waals surface area contributed by atoms with E-state index in [0.29, 0.717) is 5.41 Å². The minimum atomic E-state index is 0.408. The van der Waals surface area contributed by atoms with E-state index in [1.165, 1.54) is 50.5 Å². The van der Waals surface area contributed by atoms with Gasteiger partial charge in [0.05, 0.1) is 0 Å². The van der Waals surface area contributed by atoms with Crippen molar-refractivity contribution < 1.29 is 0 Å². The minimum absolute atomic E-state index is 0.408. The van der Waals surface area contributed by atoms with Gasteiger partial charge in [-0.15, -0.1) is 11.8 Å². The van der Waals surface area contributed by atoms with E-state index in [1.807, 2.05) is 0 Å². The van der Waals surface area contributed by atoms with Crippen LogP contribution in [0.2, 0.25) is 0 Å². The minimum Gasteiger partial charge on any atom is -0.123 e. The quantitative estimate of drug-likeness (QED) is 0.568. The Hall–Kier alpha value is -0.170. The van der Waals surface area contributed by atoms with Gasteiger partial charge >= 0.3 is 0 Å². The SMILES string of the molecule is C=C1CC(C(C)(C)C)CC(C)=C1SC1CCCCC1. The van der Waals surface area contributed by atoms with Crippen LogP contribution in [0.3, 0.4) is 0 Å². The molecule has 0 saturated heterocycles. The number of hydrogen-bond donors (Lipinski definition) is 0. The van der Waals surface area contributed by atoms with Gasteiger partial charge in [0.2, 0.25) is 0 Å². The van der Waals surface area contributed by atoms with Crippen LogP contribution < -0.4 is 0 Å². The number of allylic oxidation sites excluding steroid dienone is 2. The van der Waals surface area contributed by atoms with Crippen molar-refractivity contribution >= 4 is 11.8 Å². The van der Waals surface area contributed by atoms with Crippen LogP contribution in [-0.2, 0) is 0 Å². The lowest BCUT2D eigenvalue weighted by molar-refractivity contribution is 0.233. The summed E-state index contributed by atoms with van der Waals surface area (Å²) in [5, 5.41) is 0.863. The largest absolute Gasteiger partial charge is 0.123 e. The van der Waals surface area contributed by atoms with Crippen LogP contribution in [0.25, 0.3) is 0 Å². The number of thioether (sulfide) groups is 1. The molecule has 1 saturated carbocycles.